The minimum atomic E-state index is -0.992. The molecule has 0 aromatic heterocycles. The monoisotopic (exact) mass is 480 g/mol. The molecule has 0 aliphatic carbocycles. The highest BCUT2D eigenvalue weighted by Gasteiger charge is 2.45. The van der Waals surface area contributed by atoms with Gasteiger partial charge in [-0.05, 0) is 42.9 Å². The zero-order valence-corrected chi connectivity index (χ0v) is 20.0. The van der Waals surface area contributed by atoms with Gasteiger partial charge in [0.1, 0.15) is 12.1 Å². The Morgan fingerprint density at radius 1 is 1.00 bits per heavy atom. The molecule has 2 aromatic rings. The fraction of sp³-hybridized carbons (Fsp3) is 0.385. The molecule has 5 amide bonds. The average molecular weight is 481 g/mol. The number of amides is 5. The van der Waals surface area contributed by atoms with Gasteiger partial charge >= 0.3 is 6.03 Å². The number of hydrogen-bond acceptors (Lipinski definition) is 5. The van der Waals surface area contributed by atoms with Gasteiger partial charge in [-0.25, -0.2) is 15.2 Å². The predicted octanol–water partition coefficient (Wildman–Crippen LogP) is 2.78. The molecule has 2 atom stereocenters. The summed E-state index contributed by atoms with van der Waals surface area (Å²) in [5, 5.41) is 5.52. The SMILES string of the molecule is CC(C)[C@H](C(=O)NOCc1ccccc1)N1C(=O)N[C@@H](CCCCNC(=O)c2ccccc2)C1=O. The normalized spacial score (nSPS) is 16.2. The molecule has 0 unspecified atom stereocenters. The molecule has 186 valence electrons. The van der Waals surface area contributed by atoms with Crippen molar-refractivity contribution in [3.63, 3.8) is 0 Å². The largest absolute Gasteiger partial charge is 0.352 e. The molecule has 9 nitrogen and oxygen atoms in total. The minimum Gasteiger partial charge on any atom is -0.352 e. The van der Waals surface area contributed by atoms with Crippen LogP contribution < -0.4 is 16.1 Å². The molecule has 9 heteroatoms. The zero-order valence-electron chi connectivity index (χ0n) is 20.0. The Morgan fingerprint density at radius 2 is 1.66 bits per heavy atom. The Kier molecular flexibility index (Phi) is 9.37. The lowest BCUT2D eigenvalue weighted by molar-refractivity contribution is -0.145. The number of nitrogens with zero attached hydrogens (tertiary/aromatic N) is 1. The number of hydrogen-bond donors (Lipinski definition) is 3. The van der Waals surface area contributed by atoms with Gasteiger partial charge in [0.2, 0.25) is 0 Å². The van der Waals surface area contributed by atoms with Crippen LogP contribution in [0.3, 0.4) is 0 Å². The lowest BCUT2D eigenvalue weighted by Gasteiger charge is -2.27. The zero-order chi connectivity index (χ0) is 25.2. The van der Waals surface area contributed by atoms with Gasteiger partial charge in [-0.2, -0.15) is 0 Å². The Balaban J connectivity index is 1.46. The summed E-state index contributed by atoms with van der Waals surface area (Å²) < 4.78 is 0. The average Bonchev–Trinajstić information content (AvgIpc) is 3.13. The quantitative estimate of drug-likeness (QED) is 0.245. The Morgan fingerprint density at radius 3 is 2.31 bits per heavy atom. The number of nitrogens with one attached hydrogen (secondary N) is 3. The highest BCUT2D eigenvalue weighted by molar-refractivity contribution is 6.07. The van der Waals surface area contributed by atoms with Gasteiger partial charge in [0.05, 0.1) is 6.61 Å². The van der Waals surface area contributed by atoms with E-state index in [1.807, 2.05) is 36.4 Å². The van der Waals surface area contributed by atoms with Gasteiger partial charge in [0.25, 0.3) is 17.7 Å². The molecule has 0 saturated carbocycles. The third kappa shape index (κ3) is 7.13. The standard InChI is InChI=1S/C26H32N4O5/c1-18(2)22(24(32)29-35-17-19-11-5-3-6-12-19)30-25(33)21(28-26(30)34)15-9-10-16-27-23(31)20-13-7-4-8-14-20/h3-8,11-14,18,21-22H,9-10,15-17H2,1-2H3,(H,27,31)(H,28,34)(H,29,32)/t21-,22+/m0/s1. The molecule has 1 heterocycles. The Bertz CT molecular complexity index is 1010. The lowest BCUT2D eigenvalue weighted by atomic mass is 10.0. The van der Waals surface area contributed by atoms with Crippen molar-refractivity contribution in [1.29, 1.82) is 0 Å². The van der Waals surface area contributed by atoms with E-state index in [4.69, 9.17) is 4.84 Å². The lowest BCUT2D eigenvalue weighted by Crippen LogP contribution is -2.52. The maximum Gasteiger partial charge on any atom is 0.325 e. The second kappa shape index (κ2) is 12.7. The van der Waals surface area contributed by atoms with Crippen LogP contribution in [0, 0.1) is 5.92 Å². The van der Waals surface area contributed by atoms with Gasteiger partial charge < -0.3 is 10.6 Å². The third-order valence-corrected chi connectivity index (χ3v) is 5.73. The van der Waals surface area contributed by atoms with Crippen molar-refractivity contribution < 1.29 is 24.0 Å². The molecule has 3 rings (SSSR count). The van der Waals surface area contributed by atoms with Gasteiger partial charge in [-0.15, -0.1) is 0 Å². The van der Waals surface area contributed by atoms with Crippen LogP contribution in [0.1, 0.15) is 49.0 Å². The van der Waals surface area contributed by atoms with Crippen molar-refractivity contribution >= 4 is 23.8 Å². The first kappa shape index (κ1) is 25.9. The van der Waals surface area contributed by atoms with Crippen LogP contribution in [0.4, 0.5) is 4.79 Å². The van der Waals surface area contributed by atoms with Crippen LogP contribution in [-0.4, -0.2) is 47.3 Å². The molecule has 3 N–H and O–H groups in total. The molecular formula is C26H32N4O5. The second-order valence-corrected chi connectivity index (χ2v) is 8.76. The van der Waals surface area contributed by atoms with Crippen molar-refractivity contribution in [2.45, 2.75) is 51.8 Å². The van der Waals surface area contributed by atoms with Crippen molar-refractivity contribution in [3.8, 4) is 0 Å². The van der Waals surface area contributed by atoms with Crippen LogP contribution in [0.2, 0.25) is 0 Å². The van der Waals surface area contributed by atoms with Crippen molar-refractivity contribution in [2.75, 3.05) is 6.54 Å². The van der Waals surface area contributed by atoms with Crippen LogP contribution in [0.5, 0.6) is 0 Å². The van der Waals surface area contributed by atoms with Crippen LogP contribution in [0.25, 0.3) is 0 Å². The fourth-order valence-corrected chi connectivity index (χ4v) is 3.92. The number of imide groups is 1. The van der Waals surface area contributed by atoms with Crippen molar-refractivity contribution in [1.82, 2.24) is 21.0 Å². The smallest absolute Gasteiger partial charge is 0.325 e. The second-order valence-electron chi connectivity index (χ2n) is 8.76. The summed E-state index contributed by atoms with van der Waals surface area (Å²) in [6, 6.07) is 16.0. The fourth-order valence-electron chi connectivity index (χ4n) is 3.92. The number of rotatable bonds is 12. The number of carbonyl (C=O) groups excluding carboxylic acids is 4. The van der Waals surface area contributed by atoms with E-state index >= 15 is 0 Å². The van der Waals surface area contributed by atoms with Gasteiger partial charge in [0.15, 0.2) is 0 Å². The van der Waals surface area contributed by atoms with Gasteiger partial charge in [-0.3, -0.25) is 19.2 Å². The molecule has 0 spiro atoms. The molecule has 1 saturated heterocycles. The van der Waals surface area contributed by atoms with E-state index in [0.717, 1.165) is 10.5 Å². The topological polar surface area (TPSA) is 117 Å². The molecule has 0 radical (unpaired) electrons. The molecular weight excluding hydrogens is 448 g/mol. The summed E-state index contributed by atoms with van der Waals surface area (Å²) in [6.07, 6.45) is 1.69. The molecule has 0 bridgehead atoms. The highest BCUT2D eigenvalue weighted by atomic mass is 16.6. The number of hydroxylamine groups is 1. The number of unbranched alkanes of at least 4 members (excludes halogenated alkanes) is 1. The number of urea groups is 1. The summed E-state index contributed by atoms with van der Waals surface area (Å²) in [7, 11) is 0. The molecule has 35 heavy (non-hydrogen) atoms. The van der Waals surface area contributed by atoms with Crippen LogP contribution >= 0.6 is 0 Å². The summed E-state index contributed by atoms with van der Waals surface area (Å²) >= 11 is 0. The van der Waals surface area contributed by atoms with E-state index in [1.54, 1.807) is 38.1 Å². The van der Waals surface area contributed by atoms with Gasteiger partial charge in [-0.1, -0.05) is 62.4 Å². The minimum absolute atomic E-state index is 0.151. The number of carbonyl (C=O) groups is 4. The summed E-state index contributed by atoms with van der Waals surface area (Å²) in [5.41, 5.74) is 3.84. The van der Waals surface area contributed by atoms with Crippen molar-refractivity contribution in [3.05, 3.63) is 71.8 Å². The first-order valence-electron chi connectivity index (χ1n) is 11.8. The number of benzene rings is 2. The first-order chi connectivity index (χ1) is 16.9. The Hall–Kier alpha value is -3.72. The maximum atomic E-state index is 13.0. The van der Waals surface area contributed by atoms with E-state index < -0.39 is 29.9 Å². The predicted molar refractivity (Wildman–Crippen MR) is 130 cm³/mol. The first-order valence-corrected chi connectivity index (χ1v) is 11.8. The molecule has 1 aliphatic rings. The molecule has 1 fully saturated rings. The van der Waals surface area contributed by atoms with E-state index in [1.165, 1.54) is 0 Å². The van der Waals surface area contributed by atoms with Crippen molar-refractivity contribution in [2.24, 2.45) is 5.92 Å². The van der Waals surface area contributed by atoms with E-state index in [9.17, 15) is 19.2 Å². The van der Waals surface area contributed by atoms with E-state index in [0.29, 0.717) is 31.4 Å². The third-order valence-electron chi connectivity index (χ3n) is 5.73. The van der Waals surface area contributed by atoms with Crippen LogP contribution in [0.15, 0.2) is 60.7 Å². The Labute approximate surface area is 205 Å². The van der Waals surface area contributed by atoms with E-state index in [-0.39, 0.29) is 18.4 Å². The maximum absolute atomic E-state index is 13.0. The summed E-state index contributed by atoms with van der Waals surface area (Å²) in [6.45, 7) is 4.17. The molecule has 1 aliphatic heterocycles. The van der Waals surface area contributed by atoms with E-state index in [2.05, 4.69) is 16.1 Å². The summed E-state index contributed by atoms with van der Waals surface area (Å²) in [5.74, 6) is -1.44. The highest BCUT2D eigenvalue weighted by Crippen LogP contribution is 2.20. The van der Waals surface area contributed by atoms with Crippen LogP contribution in [-0.2, 0) is 21.0 Å². The molecule has 2 aromatic carbocycles. The summed E-state index contributed by atoms with van der Waals surface area (Å²) in [4.78, 5) is 56.7. The van der Waals surface area contributed by atoms with Gasteiger partial charge in [0, 0.05) is 12.1 Å².